The summed E-state index contributed by atoms with van der Waals surface area (Å²) in [5.41, 5.74) is 2.30. The minimum atomic E-state index is -1.32. The second-order valence-corrected chi connectivity index (χ2v) is 10.8. The smallest absolute Gasteiger partial charge is 0.264 e. The van der Waals surface area contributed by atoms with Crippen molar-refractivity contribution < 1.29 is 28.1 Å². The number of fused-ring (bicyclic) bond motifs is 1. The van der Waals surface area contributed by atoms with Gasteiger partial charge in [0.15, 0.2) is 11.5 Å². The Kier molecular flexibility index (Phi) is 10.5. The van der Waals surface area contributed by atoms with Gasteiger partial charge >= 0.3 is 0 Å². The number of carbonyl (C=O) groups is 3. The fourth-order valence-corrected chi connectivity index (χ4v) is 5.49. The normalized spacial score (nSPS) is 14.3. The molecule has 2 aromatic rings. The van der Waals surface area contributed by atoms with Crippen molar-refractivity contribution in [2.24, 2.45) is 0 Å². The highest BCUT2D eigenvalue weighted by Gasteiger charge is 2.43. The number of hydrogen-bond acceptors (Lipinski definition) is 6. The van der Waals surface area contributed by atoms with Gasteiger partial charge in [0.25, 0.3) is 11.8 Å². The lowest BCUT2D eigenvalue weighted by molar-refractivity contribution is -0.115. The molecule has 0 bridgehead atoms. The van der Waals surface area contributed by atoms with Crippen LogP contribution >= 0.6 is 0 Å². The van der Waals surface area contributed by atoms with Crippen LogP contribution in [0.25, 0.3) is 0 Å². The van der Waals surface area contributed by atoms with Gasteiger partial charge in [-0.15, -0.1) is 0 Å². The molecular weight excluding hydrogens is 504 g/mol. The number of anilines is 1. The first-order chi connectivity index (χ1) is 18.3. The van der Waals surface area contributed by atoms with Gasteiger partial charge in [0.2, 0.25) is 5.91 Å². The van der Waals surface area contributed by atoms with Crippen molar-refractivity contribution in [3.8, 4) is 11.5 Å². The van der Waals surface area contributed by atoms with Crippen molar-refractivity contribution in [3.63, 3.8) is 0 Å². The summed E-state index contributed by atoms with van der Waals surface area (Å²) in [4.78, 5) is 41.3. The Balaban J connectivity index is 2.08. The molecule has 1 N–H and O–H groups in total. The maximum Gasteiger partial charge on any atom is 0.264 e. The zero-order valence-corrected chi connectivity index (χ0v) is 23.7. The number of aryl methyl sites for hydroxylation is 1. The van der Waals surface area contributed by atoms with Crippen LogP contribution in [0.4, 0.5) is 5.69 Å². The van der Waals surface area contributed by atoms with Gasteiger partial charge in [-0.25, -0.2) is 0 Å². The SMILES string of the molecule is CCCCCCc1ccc2c(c1NC(=O)CC)C(=O)N(C(CS(C)=O)c1ccc(OC)c(OCC)c1)C2=O. The third-order valence-corrected chi connectivity index (χ3v) is 7.42. The van der Waals surface area contributed by atoms with E-state index in [1.165, 1.54) is 12.0 Å². The summed E-state index contributed by atoms with van der Waals surface area (Å²) in [6.07, 6.45) is 6.63. The number of nitrogens with zero attached hydrogens (tertiary/aromatic N) is 1. The maximum atomic E-state index is 14.0. The third-order valence-electron chi connectivity index (χ3n) is 6.64. The first kappa shape index (κ1) is 29.4. The molecule has 1 aliphatic rings. The van der Waals surface area contributed by atoms with Gasteiger partial charge in [-0.05, 0) is 49.1 Å². The molecule has 0 aliphatic carbocycles. The van der Waals surface area contributed by atoms with Crippen LogP contribution in [-0.4, -0.2) is 52.6 Å². The molecule has 2 atom stereocenters. The topological polar surface area (TPSA) is 102 Å². The van der Waals surface area contributed by atoms with Gasteiger partial charge in [-0.1, -0.05) is 45.2 Å². The number of carbonyl (C=O) groups excluding carboxylic acids is 3. The summed E-state index contributed by atoms with van der Waals surface area (Å²) in [5, 5.41) is 2.90. The molecule has 1 aliphatic heterocycles. The average Bonchev–Trinajstić information content (AvgIpc) is 3.15. The minimum absolute atomic E-state index is 0.0594. The molecule has 0 fully saturated rings. The number of amides is 3. The second kappa shape index (κ2) is 13.6. The molecule has 2 aromatic carbocycles. The van der Waals surface area contributed by atoms with Crippen LogP contribution in [0.3, 0.4) is 0 Å². The monoisotopic (exact) mass is 542 g/mol. The van der Waals surface area contributed by atoms with Crippen LogP contribution < -0.4 is 14.8 Å². The molecular formula is C29H38N2O6S. The fourth-order valence-electron chi connectivity index (χ4n) is 4.70. The Bertz CT molecular complexity index is 1210. The van der Waals surface area contributed by atoms with Gasteiger partial charge < -0.3 is 14.8 Å². The van der Waals surface area contributed by atoms with Gasteiger partial charge in [0.1, 0.15) is 0 Å². The predicted octanol–water partition coefficient (Wildman–Crippen LogP) is 5.28. The molecule has 2 unspecified atom stereocenters. The number of rotatable bonds is 14. The van der Waals surface area contributed by atoms with E-state index in [2.05, 4.69) is 12.2 Å². The molecule has 9 heteroatoms. The highest BCUT2D eigenvalue weighted by molar-refractivity contribution is 7.84. The standard InChI is InChI=1S/C29H38N2O6S/c1-6-9-10-11-12-19-13-15-21-26(27(19)30-25(32)7-2)29(34)31(28(21)33)22(18-38(5)35)20-14-16-23(36-4)24(17-20)37-8-3/h13-17,22H,6-12,18H2,1-5H3,(H,30,32). The molecule has 3 rings (SSSR count). The second-order valence-electron chi connectivity index (χ2n) is 9.31. The Labute approximate surface area is 227 Å². The van der Waals surface area contributed by atoms with Gasteiger partial charge in [-0.2, -0.15) is 0 Å². The van der Waals surface area contributed by atoms with E-state index < -0.39 is 28.7 Å². The van der Waals surface area contributed by atoms with Crippen molar-refractivity contribution in [1.82, 2.24) is 4.90 Å². The summed E-state index contributed by atoms with van der Waals surface area (Å²) in [7, 11) is 0.214. The van der Waals surface area contributed by atoms with Gasteiger partial charge in [0, 0.05) is 29.2 Å². The zero-order chi connectivity index (χ0) is 27.8. The summed E-state index contributed by atoms with van der Waals surface area (Å²) in [6, 6.07) is 7.90. The molecule has 206 valence electrons. The lowest BCUT2D eigenvalue weighted by Gasteiger charge is -2.27. The van der Waals surface area contributed by atoms with Crippen molar-refractivity contribution in [1.29, 1.82) is 0 Å². The van der Waals surface area contributed by atoms with Crippen LogP contribution in [0.15, 0.2) is 30.3 Å². The Morgan fingerprint density at radius 3 is 2.42 bits per heavy atom. The van der Waals surface area contributed by atoms with Crippen LogP contribution in [0.1, 0.15) is 90.8 Å². The number of imide groups is 1. The van der Waals surface area contributed by atoms with Crippen molar-refractivity contribution in [2.75, 3.05) is 31.0 Å². The molecule has 8 nitrogen and oxygen atoms in total. The fraction of sp³-hybridized carbons (Fsp3) is 0.483. The van der Waals surface area contributed by atoms with E-state index in [0.29, 0.717) is 35.8 Å². The Hall–Kier alpha value is -3.20. The molecule has 3 amide bonds. The van der Waals surface area contributed by atoms with Crippen molar-refractivity contribution >= 4 is 34.2 Å². The summed E-state index contributed by atoms with van der Waals surface area (Å²) in [5.74, 6) is -0.151. The summed E-state index contributed by atoms with van der Waals surface area (Å²) in [6.45, 7) is 6.13. The highest BCUT2D eigenvalue weighted by Crippen LogP contribution is 2.39. The molecule has 38 heavy (non-hydrogen) atoms. The van der Waals surface area contributed by atoms with Crippen LogP contribution in [0.2, 0.25) is 0 Å². The predicted molar refractivity (Wildman–Crippen MR) is 150 cm³/mol. The largest absolute Gasteiger partial charge is 0.493 e. The minimum Gasteiger partial charge on any atom is -0.493 e. The first-order valence-electron chi connectivity index (χ1n) is 13.2. The summed E-state index contributed by atoms with van der Waals surface area (Å²) >= 11 is 0. The van der Waals surface area contributed by atoms with Crippen molar-refractivity contribution in [3.05, 3.63) is 52.6 Å². The molecule has 0 aromatic heterocycles. The first-order valence-corrected chi connectivity index (χ1v) is 14.9. The Morgan fingerprint density at radius 1 is 1.03 bits per heavy atom. The maximum absolute atomic E-state index is 14.0. The highest BCUT2D eigenvalue weighted by atomic mass is 32.2. The lowest BCUT2D eigenvalue weighted by Crippen LogP contribution is -2.37. The van der Waals surface area contributed by atoms with E-state index in [0.717, 1.165) is 31.2 Å². The van der Waals surface area contributed by atoms with Crippen LogP contribution in [-0.2, 0) is 22.0 Å². The number of methoxy groups -OCH3 is 1. The number of hydrogen-bond donors (Lipinski definition) is 1. The van der Waals surface area contributed by atoms with E-state index in [4.69, 9.17) is 9.47 Å². The van der Waals surface area contributed by atoms with E-state index in [1.54, 1.807) is 37.4 Å². The number of unbranched alkanes of at least 4 members (excludes halogenated alkanes) is 3. The third kappa shape index (κ3) is 6.43. The zero-order valence-electron chi connectivity index (χ0n) is 22.9. The number of ether oxygens (including phenoxy) is 2. The number of nitrogens with one attached hydrogen (secondary N) is 1. The quantitative estimate of drug-likeness (QED) is 0.257. The van der Waals surface area contributed by atoms with Crippen LogP contribution in [0, 0.1) is 0 Å². The molecule has 0 radical (unpaired) electrons. The van der Waals surface area contributed by atoms with E-state index >= 15 is 0 Å². The summed E-state index contributed by atoms with van der Waals surface area (Å²) < 4.78 is 23.5. The van der Waals surface area contributed by atoms with Crippen LogP contribution in [0.5, 0.6) is 11.5 Å². The van der Waals surface area contributed by atoms with E-state index in [1.807, 2.05) is 13.0 Å². The molecule has 0 saturated carbocycles. The molecule has 0 saturated heterocycles. The van der Waals surface area contributed by atoms with E-state index in [9.17, 15) is 18.6 Å². The lowest BCUT2D eigenvalue weighted by atomic mass is 9.97. The van der Waals surface area contributed by atoms with Gasteiger partial charge in [0.05, 0.1) is 36.6 Å². The van der Waals surface area contributed by atoms with Gasteiger partial charge in [-0.3, -0.25) is 23.5 Å². The van der Waals surface area contributed by atoms with Crippen molar-refractivity contribution in [2.45, 2.75) is 65.3 Å². The van der Waals surface area contributed by atoms with E-state index in [-0.39, 0.29) is 29.2 Å². The average molecular weight is 543 g/mol. The molecule has 1 heterocycles. The number of benzene rings is 2. The molecule has 0 spiro atoms. The Morgan fingerprint density at radius 2 is 1.79 bits per heavy atom.